The second kappa shape index (κ2) is 6.46. The highest BCUT2D eigenvalue weighted by atomic mass is 79.9. The lowest BCUT2D eigenvalue weighted by Gasteiger charge is -2.19. The van der Waals surface area contributed by atoms with Crippen molar-refractivity contribution in [2.45, 2.75) is 19.9 Å². The van der Waals surface area contributed by atoms with E-state index in [0.29, 0.717) is 0 Å². The summed E-state index contributed by atoms with van der Waals surface area (Å²) in [5, 5.41) is 3.50. The monoisotopic (exact) mass is 419 g/mol. The Kier molecular flexibility index (Phi) is 5.10. The highest BCUT2D eigenvalue weighted by Crippen LogP contribution is 2.35. The van der Waals surface area contributed by atoms with Crippen LogP contribution in [-0.4, -0.2) is 0 Å². The summed E-state index contributed by atoms with van der Waals surface area (Å²) < 4.78 is 15.4. The Hall–Kier alpha value is -0.580. The average molecular weight is 422 g/mol. The van der Waals surface area contributed by atoms with Gasteiger partial charge in [0, 0.05) is 15.0 Å². The lowest BCUT2D eigenvalue weighted by Crippen LogP contribution is -2.08. The third kappa shape index (κ3) is 3.54. The summed E-state index contributed by atoms with van der Waals surface area (Å²) in [5.41, 5.74) is 2.93. The lowest BCUT2D eigenvalue weighted by atomic mass is 10.1. The average Bonchev–Trinajstić information content (AvgIpc) is 2.36. The van der Waals surface area contributed by atoms with Gasteiger partial charge in [0.15, 0.2) is 0 Å². The zero-order valence-electron chi connectivity index (χ0n) is 11.0. The molecule has 0 aromatic heterocycles. The van der Waals surface area contributed by atoms with Crippen molar-refractivity contribution in [2.75, 3.05) is 5.32 Å². The number of anilines is 1. The number of hydrogen-bond acceptors (Lipinski definition) is 1. The molecule has 2 rings (SSSR count). The Bertz CT molecular complexity index is 623. The zero-order chi connectivity index (χ0) is 14.9. The van der Waals surface area contributed by atoms with Gasteiger partial charge in [0.1, 0.15) is 5.82 Å². The number of hydrogen-bond donors (Lipinski definition) is 1. The number of halogens is 4. The third-order valence-corrected chi connectivity index (χ3v) is 4.55. The van der Waals surface area contributed by atoms with E-state index < -0.39 is 5.82 Å². The minimum absolute atomic E-state index is 0.0444. The molecule has 2 aromatic carbocycles. The first-order chi connectivity index (χ1) is 9.38. The normalized spacial score (nSPS) is 12.3. The van der Waals surface area contributed by atoms with E-state index >= 15 is 0 Å². The van der Waals surface area contributed by atoms with Gasteiger partial charge in [-0.15, -0.1) is 0 Å². The molecule has 0 saturated heterocycles. The van der Waals surface area contributed by atoms with Crippen molar-refractivity contribution in [3.8, 4) is 0 Å². The summed E-state index contributed by atoms with van der Waals surface area (Å²) in [5.74, 6) is -0.403. The zero-order valence-corrected chi connectivity index (χ0v) is 14.9. The first kappa shape index (κ1) is 15.8. The van der Waals surface area contributed by atoms with Crippen LogP contribution in [0.2, 0.25) is 5.02 Å². The van der Waals surface area contributed by atoms with E-state index in [2.05, 4.69) is 37.2 Å². The second-order valence-corrected chi connectivity index (χ2v) is 6.76. The Morgan fingerprint density at radius 3 is 2.30 bits per heavy atom. The smallest absolute Gasteiger partial charge is 0.142 e. The third-order valence-electron chi connectivity index (χ3n) is 2.99. The Balaban J connectivity index is 2.27. The van der Waals surface area contributed by atoms with Crippen molar-refractivity contribution in [3.63, 3.8) is 0 Å². The molecule has 0 fully saturated rings. The molecular formula is C15H13Br2ClFN. The van der Waals surface area contributed by atoms with E-state index in [1.165, 1.54) is 6.07 Å². The topological polar surface area (TPSA) is 12.0 Å². The van der Waals surface area contributed by atoms with Crippen LogP contribution in [0, 0.1) is 12.7 Å². The summed E-state index contributed by atoms with van der Waals surface area (Å²) in [7, 11) is 0. The van der Waals surface area contributed by atoms with Crippen molar-refractivity contribution < 1.29 is 4.39 Å². The molecule has 1 nitrogen and oxygen atoms in total. The van der Waals surface area contributed by atoms with E-state index in [1.807, 2.05) is 32.0 Å². The maximum absolute atomic E-state index is 13.5. The van der Waals surface area contributed by atoms with Gasteiger partial charge >= 0.3 is 0 Å². The number of aryl methyl sites for hydroxylation is 1. The van der Waals surface area contributed by atoms with Crippen LogP contribution in [0.15, 0.2) is 39.3 Å². The first-order valence-corrected chi connectivity index (χ1v) is 8.02. The van der Waals surface area contributed by atoms with Crippen molar-refractivity contribution in [2.24, 2.45) is 0 Å². The molecule has 0 aliphatic heterocycles. The van der Waals surface area contributed by atoms with Gasteiger partial charge < -0.3 is 5.32 Å². The predicted molar refractivity (Wildman–Crippen MR) is 90.0 cm³/mol. The van der Waals surface area contributed by atoms with Gasteiger partial charge in [0.25, 0.3) is 0 Å². The van der Waals surface area contributed by atoms with Crippen molar-refractivity contribution in [1.29, 1.82) is 0 Å². The fraction of sp³-hybridized carbons (Fsp3) is 0.200. The molecule has 5 heteroatoms. The molecule has 1 atom stereocenters. The molecule has 0 spiro atoms. The number of benzene rings is 2. The van der Waals surface area contributed by atoms with Crippen LogP contribution in [0.5, 0.6) is 0 Å². The van der Waals surface area contributed by atoms with Crippen LogP contribution in [-0.2, 0) is 0 Å². The minimum atomic E-state index is -0.403. The lowest BCUT2D eigenvalue weighted by molar-refractivity contribution is 0.624. The van der Waals surface area contributed by atoms with Gasteiger partial charge in [0.2, 0.25) is 0 Å². The Morgan fingerprint density at radius 1 is 1.15 bits per heavy atom. The standard InChI is InChI=1S/C15H13Br2ClFN/c1-8-5-11(16)15(12(17)6-8)20-9(2)10-3-4-13(18)14(19)7-10/h3-7,9,20H,1-2H3. The van der Waals surface area contributed by atoms with E-state index in [0.717, 1.165) is 25.8 Å². The van der Waals surface area contributed by atoms with Crippen LogP contribution in [0.3, 0.4) is 0 Å². The van der Waals surface area contributed by atoms with Gasteiger partial charge in [-0.05, 0) is 81.1 Å². The molecule has 106 valence electrons. The maximum Gasteiger partial charge on any atom is 0.142 e. The molecule has 0 saturated carbocycles. The molecule has 0 amide bonds. The molecule has 0 heterocycles. The van der Waals surface area contributed by atoms with Gasteiger partial charge in [-0.2, -0.15) is 0 Å². The van der Waals surface area contributed by atoms with E-state index in [9.17, 15) is 4.39 Å². The molecule has 0 bridgehead atoms. The number of rotatable bonds is 3. The van der Waals surface area contributed by atoms with Crippen molar-refractivity contribution >= 4 is 49.1 Å². The van der Waals surface area contributed by atoms with Gasteiger partial charge in [-0.25, -0.2) is 4.39 Å². The Morgan fingerprint density at radius 2 is 1.75 bits per heavy atom. The highest BCUT2D eigenvalue weighted by Gasteiger charge is 2.12. The van der Waals surface area contributed by atoms with Crippen LogP contribution < -0.4 is 5.32 Å². The maximum atomic E-state index is 13.5. The van der Waals surface area contributed by atoms with Crippen molar-refractivity contribution in [3.05, 3.63) is 61.2 Å². The summed E-state index contributed by atoms with van der Waals surface area (Å²) >= 11 is 12.8. The fourth-order valence-electron chi connectivity index (χ4n) is 1.92. The summed E-state index contributed by atoms with van der Waals surface area (Å²) in [4.78, 5) is 0. The molecular weight excluding hydrogens is 408 g/mol. The first-order valence-electron chi connectivity index (χ1n) is 6.05. The van der Waals surface area contributed by atoms with Crippen molar-refractivity contribution in [1.82, 2.24) is 0 Å². The molecule has 0 aliphatic rings. The van der Waals surface area contributed by atoms with Crippen LogP contribution >= 0.6 is 43.5 Å². The van der Waals surface area contributed by atoms with Gasteiger partial charge in [-0.1, -0.05) is 17.7 Å². The fourth-order valence-corrected chi connectivity index (χ4v) is 3.68. The van der Waals surface area contributed by atoms with E-state index in [4.69, 9.17) is 11.6 Å². The van der Waals surface area contributed by atoms with Crippen LogP contribution in [0.4, 0.5) is 10.1 Å². The SMILES string of the molecule is Cc1cc(Br)c(NC(C)c2ccc(Cl)c(F)c2)c(Br)c1. The molecule has 20 heavy (non-hydrogen) atoms. The molecule has 0 aliphatic carbocycles. The van der Waals surface area contributed by atoms with Gasteiger partial charge in [-0.3, -0.25) is 0 Å². The molecule has 2 aromatic rings. The minimum Gasteiger partial charge on any atom is -0.377 e. The Labute approximate surface area is 139 Å². The highest BCUT2D eigenvalue weighted by molar-refractivity contribution is 9.11. The summed E-state index contributed by atoms with van der Waals surface area (Å²) in [6.07, 6.45) is 0. The summed E-state index contributed by atoms with van der Waals surface area (Å²) in [6.45, 7) is 4.00. The van der Waals surface area contributed by atoms with E-state index in [1.54, 1.807) is 6.07 Å². The van der Waals surface area contributed by atoms with E-state index in [-0.39, 0.29) is 11.1 Å². The quantitative estimate of drug-likeness (QED) is 0.598. The molecule has 1 N–H and O–H groups in total. The summed E-state index contributed by atoms with van der Waals surface area (Å²) in [6, 6.07) is 8.86. The van der Waals surface area contributed by atoms with Crippen LogP contribution in [0.25, 0.3) is 0 Å². The molecule has 1 unspecified atom stereocenters. The predicted octanol–water partition coefficient (Wildman–Crippen LogP) is 6.49. The largest absolute Gasteiger partial charge is 0.377 e. The van der Waals surface area contributed by atoms with Gasteiger partial charge in [0.05, 0.1) is 10.7 Å². The molecule has 0 radical (unpaired) electrons. The van der Waals surface area contributed by atoms with Crippen LogP contribution in [0.1, 0.15) is 24.1 Å². The number of nitrogens with one attached hydrogen (secondary N) is 1. The second-order valence-electron chi connectivity index (χ2n) is 4.64.